The second-order valence-electron chi connectivity index (χ2n) is 2.74. The van der Waals surface area contributed by atoms with Crippen LogP contribution in [-0.4, -0.2) is 49.3 Å². The van der Waals surface area contributed by atoms with Crippen LogP contribution in [-0.2, 0) is 9.53 Å². The van der Waals surface area contributed by atoms with Crippen molar-refractivity contribution in [2.45, 2.75) is 26.4 Å². The standard InChI is InChI=1S/C7H12O2.Ca.2H/c1-5-6(8)9-7(2,3)4;;;/h5H,1H2,2-4H3;;;/q;+2;2*-1. The summed E-state index contributed by atoms with van der Waals surface area (Å²) in [5.74, 6) is -0.373. The third-order valence-electron chi connectivity index (χ3n) is 0.573. The molecule has 0 amide bonds. The summed E-state index contributed by atoms with van der Waals surface area (Å²) in [5, 5.41) is 0. The second-order valence-corrected chi connectivity index (χ2v) is 2.74. The van der Waals surface area contributed by atoms with E-state index in [1.807, 2.05) is 20.8 Å². The number of rotatable bonds is 1. The maximum atomic E-state index is 10.5. The molecule has 3 heteroatoms. The van der Waals surface area contributed by atoms with Crippen molar-refractivity contribution >= 4 is 43.7 Å². The van der Waals surface area contributed by atoms with E-state index in [0.29, 0.717) is 0 Å². The maximum Gasteiger partial charge on any atom is 2.00 e. The molecular formula is C7H14CaO2. The van der Waals surface area contributed by atoms with E-state index in [1.165, 1.54) is 0 Å². The van der Waals surface area contributed by atoms with Gasteiger partial charge in [0.15, 0.2) is 0 Å². The molecule has 0 aromatic heterocycles. The molecule has 0 aliphatic heterocycles. The molecule has 0 aromatic rings. The average molecular weight is 170 g/mol. The Morgan fingerprint density at radius 1 is 1.60 bits per heavy atom. The molecule has 0 aromatic carbocycles. The first kappa shape index (κ1) is 13.1. The molecule has 0 heterocycles. The van der Waals surface area contributed by atoms with Gasteiger partial charge in [0.2, 0.25) is 0 Å². The molecule has 0 spiro atoms. The van der Waals surface area contributed by atoms with Crippen LogP contribution in [0.25, 0.3) is 0 Å². The van der Waals surface area contributed by atoms with Crippen LogP contribution in [0, 0.1) is 0 Å². The molecule has 0 saturated heterocycles. The second kappa shape index (κ2) is 5.16. The van der Waals surface area contributed by atoms with E-state index in [0.717, 1.165) is 6.08 Å². The van der Waals surface area contributed by atoms with Crippen molar-refractivity contribution in [3.8, 4) is 0 Å². The van der Waals surface area contributed by atoms with Crippen molar-refractivity contribution in [2.75, 3.05) is 0 Å². The van der Waals surface area contributed by atoms with Gasteiger partial charge in [-0.05, 0) is 20.8 Å². The predicted octanol–water partition coefficient (Wildman–Crippen LogP) is 1.36. The molecule has 0 N–H and O–H groups in total. The number of carbonyl (C=O) groups is 1. The SMILES string of the molecule is C=CC(=O)OC(C)(C)C.[Ca+2].[H-].[H-]. The Bertz CT molecular complexity index is 132. The molecule has 56 valence electrons. The minimum Gasteiger partial charge on any atom is -1.00 e. The van der Waals surface area contributed by atoms with Gasteiger partial charge in [0.25, 0.3) is 0 Å². The maximum absolute atomic E-state index is 10.5. The summed E-state index contributed by atoms with van der Waals surface area (Å²) >= 11 is 0. The Balaban J connectivity index is -0.000000107. The molecule has 0 rings (SSSR count). The Morgan fingerprint density at radius 3 is 2.10 bits per heavy atom. The summed E-state index contributed by atoms with van der Waals surface area (Å²) < 4.78 is 4.83. The summed E-state index contributed by atoms with van der Waals surface area (Å²) in [7, 11) is 0. The fourth-order valence-electron chi connectivity index (χ4n) is 0.343. The molecular weight excluding hydrogens is 156 g/mol. The average Bonchev–Trinajstić information content (AvgIpc) is 1.62. The van der Waals surface area contributed by atoms with Crippen LogP contribution < -0.4 is 0 Å². The summed E-state index contributed by atoms with van der Waals surface area (Å²) in [4.78, 5) is 10.5. The van der Waals surface area contributed by atoms with Crippen molar-refractivity contribution in [3.05, 3.63) is 12.7 Å². The Morgan fingerprint density at radius 2 is 2.00 bits per heavy atom. The Hall–Kier alpha value is 0.470. The molecule has 0 radical (unpaired) electrons. The van der Waals surface area contributed by atoms with E-state index in [1.54, 1.807) is 0 Å². The van der Waals surface area contributed by atoms with Crippen LogP contribution in [0.15, 0.2) is 12.7 Å². The fourth-order valence-corrected chi connectivity index (χ4v) is 0.343. The molecule has 0 saturated carbocycles. The van der Waals surface area contributed by atoms with Crippen molar-refractivity contribution < 1.29 is 12.4 Å². The van der Waals surface area contributed by atoms with Gasteiger partial charge in [0.05, 0.1) is 0 Å². The number of ether oxygens (including phenoxy) is 1. The summed E-state index contributed by atoms with van der Waals surface area (Å²) in [6.07, 6.45) is 1.16. The zero-order valence-corrected chi connectivity index (χ0v) is 9.02. The van der Waals surface area contributed by atoms with Gasteiger partial charge >= 0.3 is 43.7 Å². The van der Waals surface area contributed by atoms with Crippen LogP contribution in [0.5, 0.6) is 0 Å². The van der Waals surface area contributed by atoms with Gasteiger partial charge in [-0.2, -0.15) is 0 Å². The topological polar surface area (TPSA) is 26.3 Å². The predicted molar refractivity (Wildman–Crippen MR) is 44.0 cm³/mol. The van der Waals surface area contributed by atoms with E-state index >= 15 is 0 Å². The van der Waals surface area contributed by atoms with E-state index in [4.69, 9.17) is 4.74 Å². The van der Waals surface area contributed by atoms with Crippen LogP contribution in [0.3, 0.4) is 0 Å². The first-order valence-corrected chi connectivity index (χ1v) is 2.81. The van der Waals surface area contributed by atoms with Crippen LogP contribution in [0.2, 0.25) is 0 Å². The van der Waals surface area contributed by atoms with Crippen LogP contribution in [0.4, 0.5) is 0 Å². The van der Waals surface area contributed by atoms with Gasteiger partial charge in [0, 0.05) is 6.08 Å². The van der Waals surface area contributed by atoms with Crippen molar-refractivity contribution in [3.63, 3.8) is 0 Å². The quantitative estimate of drug-likeness (QED) is 0.337. The normalized spacial score (nSPS) is 9.50. The molecule has 10 heavy (non-hydrogen) atoms. The molecule has 0 fully saturated rings. The summed E-state index contributed by atoms with van der Waals surface area (Å²) in [6.45, 7) is 8.71. The number of hydrogen-bond donors (Lipinski definition) is 0. The van der Waals surface area contributed by atoms with Gasteiger partial charge < -0.3 is 7.59 Å². The van der Waals surface area contributed by atoms with Gasteiger partial charge in [-0.1, -0.05) is 6.58 Å². The van der Waals surface area contributed by atoms with Crippen molar-refractivity contribution in [1.82, 2.24) is 0 Å². The molecule has 0 aliphatic rings. The third-order valence-corrected chi connectivity index (χ3v) is 0.573. The van der Waals surface area contributed by atoms with E-state index < -0.39 is 5.60 Å². The van der Waals surface area contributed by atoms with E-state index in [9.17, 15) is 4.79 Å². The van der Waals surface area contributed by atoms with Gasteiger partial charge in [-0.15, -0.1) is 0 Å². The van der Waals surface area contributed by atoms with Crippen molar-refractivity contribution in [2.24, 2.45) is 0 Å². The van der Waals surface area contributed by atoms with Crippen LogP contribution in [0.1, 0.15) is 23.6 Å². The van der Waals surface area contributed by atoms with E-state index in [2.05, 4.69) is 6.58 Å². The third kappa shape index (κ3) is 8.47. The Labute approximate surface area is 94.6 Å². The molecule has 0 unspecified atom stereocenters. The Kier molecular flexibility index (Phi) is 6.76. The van der Waals surface area contributed by atoms with Crippen LogP contribution >= 0.6 is 0 Å². The molecule has 2 nitrogen and oxygen atoms in total. The largest absolute Gasteiger partial charge is 2.00 e. The number of esters is 1. The number of hydrogen-bond acceptors (Lipinski definition) is 2. The van der Waals surface area contributed by atoms with E-state index in [-0.39, 0.29) is 46.6 Å². The smallest absolute Gasteiger partial charge is 1.00 e. The first-order chi connectivity index (χ1) is 3.95. The minimum absolute atomic E-state index is 0. The first-order valence-electron chi connectivity index (χ1n) is 2.81. The summed E-state index contributed by atoms with van der Waals surface area (Å²) in [6, 6.07) is 0. The number of carbonyl (C=O) groups excluding carboxylic acids is 1. The fraction of sp³-hybridized carbons (Fsp3) is 0.571. The summed E-state index contributed by atoms with van der Waals surface area (Å²) in [5.41, 5.74) is -0.398. The van der Waals surface area contributed by atoms with Gasteiger partial charge in [-0.25, -0.2) is 4.79 Å². The zero-order valence-electron chi connectivity index (χ0n) is 8.81. The zero-order chi connectivity index (χ0) is 7.49. The van der Waals surface area contributed by atoms with Gasteiger partial charge in [-0.3, -0.25) is 0 Å². The molecule has 0 atom stereocenters. The molecule has 0 aliphatic carbocycles. The van der Waals surface area contributed by atoms with Gasteiger partial charge in [0.1, 0.15) is 5.60 Å². The molecule has 0 bridgehead atoms. The van der Waals surface area contributed by atoms with Crippen molar-refractivity contribution in [1.29, 1.82) is 0 Å². The monoisotopic (exact) mass is 170 g/mol. The minimum atomic E-state index is -0.398.